The van der Waals surface area contributed by atoms with Crippen molar-refractivity contribution in [1.29, 1.82) is 0 Å². The van der Waals surface area contributed by atoms with E-state index in [1.807, 2.05) is 0 Å². The summed E-state index contributed by atoms with van der Waals surface area (Å²) in [4.78, 5) is 39.8. The third-order valence-electron chi connectivity index (χ3n) is 5.28. The number of hydrogen-bond acceptors (Lipinski definition) is 7. The molecule has 0 aromatic heterocycles. The summed E-state index contributed by atoms with van der Waals surface area (Å²) in [7, 11) is 0. The Kier molecular flexibility index (Phi) is 9.34. The number of anilines is 1. The molecule has 0 saturated carbocycles. The number of nitrogens with two attached hydrogens (primary N) is 3. The van der Waals surface area contributed by atoms with Gasteiger partial charge >= 0.3 is 12.3 Å². The number of carbonyl (C=O) groups is 3. The Morgan fingerprint density at radius 3 is 2.29 bits per heavy atom. The third-order valence-corrected chi connectivity index (χ3v) is 5.28. The van der Waals surface area contributed by atoms with Gasteiger partial charge in [-0.15, -0.1) is 0 Å². The topological polar surface area (TPSA) is 181 Å². The van der Waals surface area contributed by atoms with Crippen molar-refractivity contribution in [3.05, 3.63) is 76.6 Å². The summed E-state index contributed by atoms with van der Waals surface area (Å²) in [6, 6.07) is 8.09. The summed E-state index contributed by atoms with van der Waals surface area (Å²) in [5, 5.41) is 2.45. The molecule has 0 heterocycles. The highest BCUT2D eigenvalue weighted by Crippen LogP contribution is 2.38. The fourth-order valence-corrected chi connectivity index (χ4v) is 3.48. The molecular formula is C26H23F4N5O6. The van der Waals surface area contributed by atoms with Gasteiger partial charge in [0, 0.05) is 0 Å². The summed E-state index contributed by atoms with van der Waals surface area (Å²) in [5.74, 6) is -2.57. The van der Waals surface area contributed by atoms with Gasteiger partial charge in [0.15, 0.2) is 12.2 Å². The average Bonchev–Trinajstić information content (AvgIpc) is 2.88. The van der Waals surface area contributed by atoms with Gasteiger partial charge < -0.3 is 36.7 Å². The molecule has 0 fully saturated rings. The summed E-state index contributed by atoms with van der Waals surface area (Å²) >= 11 is 0. The number of hydrogen-bond donors (Lipinski definition) is 4. The molecule has 2 amide bonds. The average molecular weight is 577 g/mol. The molecule has 3 rings (SSSR count). The molecule has 0 saturated heterocycles. The molecule has 41 heavy (non-hydrogen) atoms. The number of guanidine groups is 1. The van der Waals surface area contributed by atoms with Crippen LogP contribution in [0.15, 0.2) is 53.5 Å². The lowest BCUT2D eigenvalue weighted by atomic mass is 10.1. The zero-order chi connectivity index (χ0) is 30.3. The quantitative estimate of drug-likeness (QED) is 0.0900. The van der Waals surface area contributed by atoms with Crippen molar-refractivity contribution >= 4 is 35.6 Å². The first kappa shape index (κ1) is 30.2. The van der Waals surface area contributed by atoms with Crippen LogP contribution in [0, 0.1) is 12.7 Å². The van der Waals surface area contributed by atoms with E-state index in [0.717, 1.165) is 18.2 Å². The lowest BCUT2D eigenvalue weighted by molar-refractivity contribution is -0.137. The van der Waals surface area contributed by atoms with E-state index in [1.165, 1.54) is 25.1 Å². The summed E-state index contributed by atoms with van der Waals surface area (Å²) in [6.45, 7) is 1.03. The van der Waals surface area contributed by atoms with Gasteiger partial charge in [-0.05, 0) is 61.0 Å². The Labute approximate surface area is 229 Å². The number of nitrogens with zero attached hydrogens (tertiary/aromatic N) is 1. The van der Waals surface area contributed by atoms with Crippen LogP contribution in [-0.4, -0.2) is 37.5 Å². The van der Waals surface area contributed by atoms with Crippen LogP contribution in [0.5, 0.6) is 17.2 Å². The number of primary amides is 1. The smallest absolute Gasteiger partial charge is 0.416 e. The number of aldehydes is 1. The van der Waals surface area contributed by atoms with Crippen LogP contribution in [0.2, 0.25) is 0 Å². The van der Waals surface area contributed by atoms with E-state index < -0.39 is 41.3 Å². The molecule has 0 aliphatic carbocycles. The minimum Gasteiger partial charge on any atom is -0.489 e. The van der Waals surface area contributed by atoms with Crippen LogP contribution in [-0.2, 0) is 10.9 Å². The van der Waals surface area contributed by atoms with Gasteiger partial charge in [0.25, 0.3) is 5.91 Å². The number of aliphatic imine (C=N–C) groups is 1. The maximum absolute atomic E-state index is 13.5. The molecule has 0 unspecified atom stereocenters. The molecule has 3 aromatic carbocycles. The number of ether oxygens (including phenoxy) is 3. The first-order valence-electron chi connectivity index (χ1n) is 11.5. The van der Waals surface area contributed by atoms with Crippen LogP contribution in [0.4, 0.5) is 33.7 Å². The van der Waals surface area contributed by atoms with Gasteiger partial charge in [0.2, 0.25) is 0 Å². The van der Waals surface area contributed by atoms with E-state index in [1.54, 1.807) is 0 Å². The van der Waals surface area contributed by atoms with Crippen molar-refractivity contribution in [3.8, 4) is 17.2 Å². The molecule has 7 N–H and O–H groups in total. The lowest BCUT2D eigenvalue weighted by Gasteiger charge is -2.17. The fraction of sp³-hybridized carbons (Fsp3) is 0.154. The predicted molar refractivity (Wildman–Crippen MR) is 139 cm³/mol. The SMILES string of the molecule is Cc1cc(F)ccc1Oc1cc(C(F)(F)F)ccc1C(=O)Nc1ccc(OCCOC(N)=O)c(C=O)c1N=C(N)N. The molecule has 0 aliphatic rings. The van der Waals surface area contributed by atoms with Crippen molar-refractivity contribution < 1.29 is 46.2 Å². The third kappa shape index (κ3) is 7.84. The van der Waals surface area contributed by atoms with Crippen molar-refractivity contribution in [2.45, 2.75) is 13.1 Å². The normalized spacial score (nSPS) is 10.9. The number of nitrogens with one attached hydrogen (secondary N) is 1. The molecule has 0 spiro atoms. The summed E-state index contributed by atoms with van der Waals surface area (Å²) in [5.41, 5.74) is 14.1. The number of carbonyl (C=O) groups excluding carboxylic acids is 3. The number of rotatable bonds is 10. The van der Waals surface area contributed by atoms with Crippen LogP contribution < -0.4 is 32.0 Å². The Morgan fingerprint density at radius 1 is 0.976 bits per heavy atom. The summed E-state index contributed by atoms with van der Waals surface area (Å²) in [6.07, 6.45) is -5.46. The first-order valence-corrected chi connectivity index (χ1v) is 11.5. The molecule has 11 nitrogen and oxygen atoms in total. The summed E-state index contributed by atoms with van der Waals surface area (Å²) < 4.78 is 69.4. The lowest BCUT2D eigenvalue weighted by Crippen LogP contribution is -2.22. The van der Waals surface area contributed by atoms with Gasteiger partial charge in [-0.1, -0.05) is 0 Å². The molecule has 0 atom stereocenters. The highest BCUT2D eigenvalue weighted by Gasteiger charge is 2.32. The molecular weight excluding hydrogens is 554 g/mol. The maximum atomic E-state index is 13.5. The van der Waals surface area contributed by atoms with Gasteiger partial charge in [-0.2, -0.15) is 13.2 Å². The van der Waals surface area contributed by atoms with Crippen LogP contribution >= 0.6 is 0 Å². The zero-order valence-corrected chi connectivity index (χ0v) is 21.3. The van der Waals surface area contributed by atoms with Crippen LogP contribution in [0.1, 0.15) is 31.8 Å². The molecule has 216 valence electrons. The molecule has 0 aliphatic heterocycles. The fourth-order valence-electron chi connectivity index (χ4n) is 3.48. The monoisotopic (exact) mass is 577 g/mol. The molecule has 0 radical (unpaired) electrons. The van der Waals surface area contributed by atoms with E-state index in [2.05, 4.69) is 15.0 Å². The van der Waals surface area contributed by atoms with Gasteiger partial charge in [-0.3, -0.25) is 9.59 Å². The van der Waals surface area contributed by atoms with Crippen molar-refractivity contribution in [2.24, 2.45) is 22.2 Å². The van der Waals surface area contributed by atoms with Crippen molar-refractivity contribution in [2.75, 3.05) is 18.5 Å². The number of halogens is 4. The van der Waals surface area contributed by atoms with Gasteiger partial charge in [0.05, 0.1) is 22.4 Å². The minimum absolute atomic E-state index is 0.00558. The Balaban J connectivity index is 2.02. The molecule has 0 bridgehead atoms. The van der Waals surface area contributed by atoms with E-state index in [0.29, 0.717) is 18.4 Å². The second-order valence-corrected chi connectivity index (χ2v) is 8.22. The van der Waals surface area contributed by atoms with Crippen LogP contribution in [0.25, 0.3) is 0 Å². The highest BCUT2D eigenvalue weighted by atomic mass is 19.4. The number of benzene rings is 3. The zero-order valence-electron chi connectivity index (χ0n) is 21.3. The number of alkyl halides is 3. The van der Waals surface area contributed by atoms with E-state index >= 15 is 0 Å². The highest BCUT2D eigenvalue weighted by molar-refractivity contribution is 6.09. The predicted octanol–water partition coefficient (Wildman–Crippen LogP) is 4.39. The van der Waals surface area contributed by atoms with Crippen LogP contribution in [0.3, 0.4) is 0 Å². The minimum atomic E-state index is -4.76. The maximum Gasteiger partial charge on any atom is 0.416 e. The standard InChI is InChI=1S/C26H23F4N5O6/c1-13-10-15(27)3-6-19(13)41-21-11-14(26(28,29)30)2-4-16(21)23(37)34-18-5-7-20(39-8-9-40-25(33)38)17(12-36)22(18)35-24(31)32/h2-7,10-12H,8-9H2,1H3,(H2,33,38)(H,34,37)(H4,31,32,35). The first-order chi connectivity index (χ1) is 19.3. The van der Waals surface area contributed by atoms with E-state index in [9.17, 15) is 31.9 Å². The number of amides is 2. The largest absolute Gasteiger partial charge is 0.489 e. The Hall–Kier alpha value is -5.34. The molecule has 15 heteroatoms. The number of aryl methyl sites for hydroxylation is 1. The second-order valence-electron chi connectivity index (χ2n) is 8.22. The van der Waals surface area contributed by atoms with Crippen molar-refractivity contribution in [3.63, 3.8) is 0 Å². The Bertz CT molecular complexity index is 1510. The van der Waals surface area contributed by atoms with E-state index in [4.69, 9.17) is 26.7 Å². The second kappa shape index (κ2) is 12.7. The van der Waals surface area contributed by atoms with E-state index in [-0.39, 0.29) is 52.8 Å². The van der Waals surface area contributed by atoms with Crippen molar-refractivity contribution in [1.82, 2.24) is 0 Å². The van der Waals surface area contributed by atoms with Gasteiger partial charge in [-0.25, -0.2) is 14.2 Å². The van der Waals surface area contributed by atoms with Gasteiger partial charge in [0.1, 0.15) is 42.0 Å². The molecule has 3 aromatic rings. The Morgan fingerprint density at radius 2 is 1.68 bits per heavy atom.